The van der Waals surface area contributed by atoms with Crippen molar-refractivity contribution in [3.05, 3.63) is 35.9 Å². The average molecular weight is 316 g/mol. The Morgan fingerprint density at radius 2 is 1.70 bits per heavy atom. The van der Waals surface area contributed by atoms with E-state index in [1.807, 2.05) is 18.2 Å². The van der Waals surface area contributed by atoms with Crippen molar-refractivity contribution >= 4 is 5.91 Å². The third-order valence-corrected chi connectivity index (χ3v) is 5.19. The van der Waals surface area contributed by atoms with E-state index >= 15 is 0 Å². The van der Waals surface area contributed by atoms with Gasteiger partial charge in [0.2, 0.25) is 5.91 Å². The zero-order chi connectivity index (χ0) is 16.1. The van der Waals surface area contributed by atoms with E-state index in [1.165, 1.54) is 6.42 Å². The van der Waals surface area contributed by atoms with E-state index in [0.29, 0.717) is 6.10 Å². The summed E-state index contributed by atoms with van der Waals surface area (Å²) in [5.41, 5.74) is 1.12. The fourth-order valence-electron chi connectivity index (χ4n) is 3.80. The Hall–Kier alpha value is -1.39. The van der Waals surface area contributed by atoms with Crippen molar-refractivity contribution in [3.63, 3.8) is 0 Å². The third kappa shape index (κ3) is 3.93. The smallest absolute Gasteiger partial charge is 0.244 e. The van der Waals surface area contributed by atoms with E-state index in [2.05, 4.69) is 21.9 Å². The Bertz CT molecular complexity index is 491. The lowest BCUT2D eigenvalue weighted by atomic mass is 9.98. The summed E-state index contributed by atoms with van der Waals surface area (Å²) in [5.74, 6) is 0.284. The quantitative estimate of drug-likeness (QED) is 0.856. The van der Waals surface area contributed by atoms with Crippen molar-refractivity contribution in [3.8, 4) is 0 Å². The van der Waals surface area contributed by atoms with Crippen LogP contribution in [0, 0.1) is 0 Å². The number of ether oxygens (including phenoxy) is 1. The zero-order valence-corrected chi connectivity index (χ0v) is 14.1. The second-order valence-corrected chi connectivity index (χ2v) is 6.67. The number of benzene rings is 1. The Labute approximate surface area is 139 Å². The molecule has 1 atom stereocenters. The maximum absolute atomic E-state index is 13.2. The minimum Gasteiger partial charge on any atom is -0.381 e. The van der Waals surface area contributed by atoms with Gasteiger partial charge in [-0.3, -0.25) is 9.69 Å². The fourth-order valence-corrected chi connectivity index (χ4v) is 3.80. The first kappa shape index (κ1) is 16.5. The van der Waals surface area contributed by atoms with Crippen molar-refractivity contribution in [1.82, 2.24) is 9.80 Å². The molecule has 2 aliphatic heterocycles. The van der Waals surface area contributed by atoms with Crippen LogP contribution in [0.25, 0.3) is 0 Å². The first-order valence-electron chi connectivity index (χ1n) is 8.90. The van der Waals surface area contributed by atoms with Gasteiger partial charge in [0, 0.05) is 33.3 Å². The molecule has 1 amide bonds. The van der Waals surface area contributed by atoms with Crippen LogP contribution in [0.4, 0.5) is 0 Å². The Balaban J connectivity index is 1.78. The summed E-state index contributed by atoms with van der Waals surface area (Å²) < 4.78 is 5.48. The first-order valence-corrected chi connectivity index (χ1v) is 8.90. The molecule has 1 aromatic rings. The normalized spacial score (nSPS) is 22.0. The molecule has 0 radical (unpaired) electrons. The van der Waals surface area contributed by atoms with Gasteiger partial charge in [-0.25, -0.2) is 0 Å². The zero-order valence-electron chi connectivity index (χ0n) is 14.1. The van der Waals surface area contributed by atoms with Crippen molar-refractivity contribution in [2.24, 2.45) is 0 Å². The number of piperidine rings is 2. The van der Waals surface area contributed by atoms with Crippen LogP contribution in [-0.2, 0) is 9.53 Å². The maximum Gasteiger partial charge on any atom is 0.244 e. The molecule has 0 bridgehead atoms. The van der Waals surface area contributed by atoms with Crippen LogP contribution in [0.3, 0.4) is 0 Å². The minimum absolute atomic E-state index is 0.132. The molecule has 2 heterocycles. The number of likely N-dealkylation sites (tertiary alicyclic amines) is 2. The first-order chi connectivity index (χ1) is 11.3. The second kappa shape index (κ2) is 7.93. The molecule has 1 aromatic carbocycles. The Kier molecular flexibility index (Phi) is 5.68. The molecule has 4 nitrogen and oxygen atoms in total. The summed E-state index contributed by atoms with van der Waals surface area (Å²) in [6, 6.07) is 10.1. The molecule has 0 N–H and O–H groups in total. The lowest BCUT2D eigenvalue weighted by Gasteiger charge is -2.39. The summed E-state index contributed by atoms with van der Waals surface area (Å²) in [6.07, 6.45) is 5.88. The number of carbonyl (C=O) groups is 1. The number of rotatable bonds is 4. The number of hydrogen-bond acceptors (Lipinski definition) is 3. The third-order valence-electron chi connectivity index (χ3n) is 5.19. The van der Waals surface area contributed by atoms with Crippen LogP contribution in [0.2, 0.25) is 0 Å². The van der Waals surface area contributed by atoms with Gasteiger partial charge >= 0.3 is 0 Å². The summed E-state index contributed by atoms with van der Waals surface area (Å²) in [4.78, 5) is 17.6. The molecular formula is C19H28N2O2. The summed E-state index contributed by atoms with van der Waals surface area (Å²) in [6.45, 7) is 3.68. The number of methoxy groups -OCH3 is 1. The molecule has 2 saturated heterocycles. The molecule has 0 unspecified atom stereocenters. The predicted molar refractivity (Wildman–Crippen MR) is 91.2 cm³/mol. The molecule has 0 aromatic heterocycles. The lowest BCUT2D eigenvalue weighted by Crippen LogP contribution is -2.48. The molecule has 0 spiro atoms. The summed E-state index contributed by atoms with van der Waals surface area (Å²) in [7, 11) is 1.79. The number of hydrogen-bond donors (Lipinski definition) is 0. The molecule has 3 rings (SSSR count). The van der Waals surface area contributed by atoms with Crippen molar-refractivity contribution in [2.45, 2.75) is 44.2 Å². The fraction of sp³-hybridized carbons (Fsp3) is 0.632. The van der Waals surface area contributed by atoms with E-state index in [4.69, 9.17) is 4.74 Å². The van der Waals surface area contributed by atoms with E-state index in [0.717, 1.165) is 57.4 Å². The Morgan fingerprint density at radius 3 is 2.30 bits per heavy atom. The Morgan fingerprint density at radius 1 is 1.04 bits per heavy atom. The van der Waals surface area contributed by atoms with Crippen LogP contribution in [0.5, 0.6) is 0 Å². The van der Waals surface area contributed by atoms with Gasteiger partial charge in [-0.15, -0.1) is 0 Å². The number of amides is 1. The number of nitrogens with zero attached hydrogens (tertiary/aromatic N) is 2. The van der Waals surface area contributed by atoms with Crippen LogP contribution in [0.15, 0.2) is 30.3 Å². The largest absolute Gasteiger partial charge is 0.381 e. The standard InChI is InChI=1S/C19H28N2O2/c1-23-17-10-14-20(15-11-17)18(16-8-4-2-5-9-16)19(22)21-12-6-3-7-13-21/h2,4-5,8-9,17-18H,3,6-7,10-15H2,1H3/t18-/m0/s1. The van der Waals surface area contributed by atoms with E-state index in [-0.39, 0.29) is 11.9 Å². The molecule has 2 aliphatic rings. The van der Waals surface area contributed by atoms with Crippen molar-refractivity contribution < 1.29 is 9.53 Å². The van der Waals surface area contributed by atoms with Gasteiger partial charge in [-0.1, -0.05) is 30.3 Å². The molecule has 23 heavy (non-hydrogen) atoms. The topological polar surface area (TPSA) is 32.8 Å². The lowest BCUT2D eigenvalue weighted by molar-refractivity contribution is -0.139. The molecule has 2 fully saturated rings. The van der Waals surface area contributed by atoms with Gasteiger partial charge in [0.25, 0.3) is 0 Å². The highest BCUT2D eigenvalue weighted by Gasteiger charge is 2.34. The van der Waals surface area contributed by atoms with Crippen LogP contribution in [-0.4, -0.2) is 55.1 Å². The van der Waals surface area contributed by atoms with Crippen LogP contribution < -0.4 is 0 Å². The highest BCUT2D eigenvalue weighted by atomic mass is 16.5. The van der Waals surface area contributed by atoms with Crippen molar-refractivity contribution in [2.75, 3.05) is 33.3 Å². The van der Waals surface area contributed by atoms with Crippen molar-refractivity contribution in [1.29, 1.82) is 0 Å². The molecule has 0 saturated carbocycles. The molecule has 126 valence electrons. The van der Waals surface area contributed by atoms with Gasteiger partial charge in [0.15, 0.2) is 0 Å². The average Bonchev–Trinajstić information content (AvgIpc) is 2.64. The van der Waals surface area contributed by atoms with Gasteiger partial charge in [0.1, 0.15) is 6.04 Å². The van der Waals surface area contributed by atoms with E-state index in [9.17, 15) is 4.79 Å². The molecule has 4 heteroatoms. The maximum atomic E-state index is 13.2. The molecule has 0 aliphatic carbocycles. The monoisotopic (exact) mass is 316 g/mol. The van der Waals surface area contributed by atoms with Gasteiger partial charge in [-0.05, 0) is 37.7 Å². The SMILES string of the molecule is COC1CCN([C@H](C(=O)N2CCCCC2)c2ccccc2)CC1. The predicted octanol–water partition coefficient (Wildman–Crippen LogP) is 2.85. The van der Waals surface area contributed by atoms with Gasteiger partial charge in [-0.2, -0.15) is 0 Å². The second-order valence-electron chi connectivity index (χ2n) is 6.67. The minimum atomic E-state index is -0.132. The van der Waals surface area contributed by atoms with Crippen LogP contribution in [0.1, 0.15) is 43.7 Å². The summed E-state index contributed by atoms with van der Waals surface area (Å²) in [5, 5.41) is 0. The molecular weight excluding hydrogens is 288 g/mol. The highest BCUT2D eigenvalue weighted by molar-refractivity contribution is 5.83. The van der Waals surface area contributed by atoms with Gasteiger partial charge < -0.3 is 9.64 Å². The summed E-state index contributed by atoms with van der Waals surface area (Å²) >= 11 is 0. The van der Waals surface area contributed by atoms with E-state index < -0.39 is 0 Å². The van der Waals surface area contributed by atoms with E-state index in [1.54, 1.807) is 7.11 Å². The van der Waals surface area contributed by atoms with Gasteiger partial charge in [0.05, 0.1) is 6.10 Å². The number of carbonyl (C=O) groups excluding carboxylic acids is 1. The van der Waals surface area contributed by atoms with Crippen LogP contribution >= 0.6 is 0 Å². The highest BCUT2D eigenvalue weighted by Crippen LogP contribution is 2.28.